The summed E-state index contributed by atoms with van der Waals surface area (Å²) in [7, 11) is 0. The Morgan fingerprint density at radius 2 is 2.00 bits per heavy atom. The van der Waals surface area contributed by atoms with Crippen molar-refractivity contribution in [3.63, 3.8) is 0 Å². The van der Waals surface area contributed by atoms with E-state index in [9.17, 15) is 5.11 Å². The van der Waals surface area contributed by atoms with Crippen LogP contribution in [0.1, 0.15) is 44.6 Å². The standard InChI is InChI=1S/C19H26ClN3O/c1-2-3-4-16-7-8-17(11-15-5-9-18(20)10-6-15)19(16,24)12-23-14-21-13-22-23/h5-6,9-10,13-14,16-17,24H,2-4,7-8,11-12H2,1H3. The molecule has 1 aromatic heterocycles. The Kier molecular flexibility index (Phi) is 5.57. The first-order valence-corrected chi connectivity index (χ1v) is 9.29. The van der Waals surface area contributed by atoms with Crippen molar-refractivity contribution in [2.24, 2.45) is 11.8 Å². The molecule has 0 spiro atoms. The average Bonchev–Trinajstić information content (AvgIpc) is 3.17. The number of aliphatic hydroxyl groups is 1. The molecule has 1 heterocycles. The molecule has 0 aliphatic heterocycles. The third kappa shape index (κ3) is 3.81. The van der Waals surface area contributed by atoms with Crippen LogP contribution >= 0.6 is 11.6 Å². The zero-order chi connectivity index (χ0) is 17.0. The first-order valence-electron chi connectivity index (χ1n) is 8.91. The highest BCUT2D eigenvalue weighted by atomic mass is 35.5. The van der Waals surface area contributed by atoms with E-state index in [4.69, 9.17) is 11.6 Å². The van der Waals surface area contributed by atoms with Crippen LogP contribution in [0.5, 0.6) is 0 Å². The molecular formula is C19H26ClN3O. The fourth-order valence-electron chi connectivity index (χ4n) is 4.10. The zero-order valence-electron chi connectivity index (χ0n) is 14.2. The normalized spacial score (nSPS) is 26.8. The number of benzene rings is 1. The minimum atomic E-state index is -0.720. The van der Waals surface area contributed by atoms with Gasteiger partial charge in [-0.25, -0.2) is 4.98 Å². The lowest BCUT2D eigenvalue weighted by molar-refractivity contribution is -0.0563. The maximum absolute atomic E-state index is 11.6. The van der Waals surface area contributed by atoms with Gasteiger partial charge in [0, 0.05) is 5.02 Å². The summed E-state index contributed by atoms with van der Waals surface area (Å²) in [5.41, 5.74) is 0.514. The van der Waals surface area contributed by atoms with Crippen LogP contribution in [0.2, 0.25) is 5.02 Å². The van der Waals surface area contributed by atoms with E-state index >= 15 is 0 Å². The van der Waals surface area contributed by atoms with Crippen molar-refractivity contribution in [1.29, 1.82) is 0 Å². The topological polar surface area (TPSA) is 50.9 Å². The smallest absolute Gasteiger partial charge is 0.137 e. The maximum atomic E-state index is 11.6. The Bertz CT molecular complexity index is 629. The van der Waals surface area contributed by atoms with E-state index in [2.05, 4.69) is 29.1 Å². The Morgan fingerprint density at radius 3 is 2.67 bits per heavy atom. The van der Waals surface area contributed by atoms with Crippen molar-refractivity contribution in [2.45, 2.75) is 57.6 Å². The molecule has 1 aliphatic rings. The van der Waals surface area contributed by atoms with Crippen LogP contribution in [0.25, 0.3) is 0 Å². The largest absolute Gasteiger partial charge is 0.387 e. The molecular weight excluding hydrogens is 322 g/mol. The minimum absolute atomic E-state index is 0.240. The van der Waals surface area contributed by atoms with Crippen LogP contribution in [0.15, 0.2) is 36.9 Å². The fraction of sp³-hybridized carbons (Fsp3) is 0.579. The summed E-state index contributed by atoms with van der Waals surface area (Å²) < 4.78 is 1.78. The summed E-state index contributed by atoms with van der Waals surface area (Å²) in [5, 5.41) is 16.6. The molecule has 0 saturated heterocycles. The van der Waals surface area contributed by atoms with Crippen molar-refractivity contribution >= 4 is 11.6 Å². The number of rotatable bonds is 7. The van der Waals surface area contributed by atoms with Gasteiger partial charge in [-0.2, -0.15) is 5.10 Å². The third-order valence-corrected chi connectivity index (χ3v) is 5.71. The Hall–Kier alpha value is -1.39. The van der Waals surface area contributed by atoms with Gasteiger partial charge in [-0.15, -0.1) is 0 Å². The molecule has 3 rings (SSSR count). The van der Waals surface area contributed by atoms with Gasteiger partial charge < -0.3 is 5.11 Å². The summed E-state index contributed by atoms with van der Waals surface area (Å²) in [6.07, 6.45) is 9.67. The molecule has 130 valence electrons. The first-order chi connectivity index (χ1) is 11.6. The van der Waals surface area contributed by atoms with Gasteiger partial charge in [0.05, 0.1) is 12.1 Å². The average molecular weight is 348 g/mol. The molecule has 3 atom stereocenters. The number of aromatic nitrogens is 3. The summed E-state index contributed by atoms with van der Waals surface area (Å²) in [6.45, 7) is 2.73. The third-order valence-electron chi connectivity index (χ3n) is 5.46. The summed E-state index contributed by atoms with van der Waals surface area (Å²) in [4.78, 5) is 4.03. The van der Waals surface area contributed by atoms with Gasteiger partial charge in [-0.1, -0.05) is 43.5 Å². The second-order valence-corrected chi connectivity index (χ2v) is 7.46. The molecule has 1 N–H and O–H groups in total. The van der Waals surface area contributed by atoms with Crippen molar-refractivity contribution in [2.75, 3.05) is 0 Å². The highest BCUT2D eigenvalue weighted by Gasteiger charge is 2.48. The molecule has 0 radical (unpaired) electrons. The van der Waals surface area contributed by atoms with E-state index in [0.29, 0.717) is 12.5 Å². The Balaban J connectivity index is 1.79. The van der Waals surface area contributed by atoms with Crippen LogP contribution in [-0.2, 0) is 13.0 Å². The van der Waals surface area contributed by atoms with Crippen molar-refractivity contribution in [3.8, 4) is 0 Å². The van der Waals surface area contributed by atoms with E-state index in [1.54, 1.807) is 11.0 Å². The quantitative estimate of drug-likeness (QED) is 0.819. The molecule has 24 heavy (non-hydrogen) atoms. The number of unbranched alkanes of at least 4 members (excludes halogenated alkanes) is 1. The number of hydrogen-bond donors (Lipinski definition) is 1. The van der Waals surface area contributed by atoms with Crippen LogP contribution in [-0.4, -0.2) is 25.5 Å². The second kappa shape index (κ2) is 7.66. The number of nitrogens with zero attached hydrogens (tertiary/aromatic N) is 3. The molecule has 1 saturated carbocycles. The van der Waals surface area contributed by atoms with Gasteiger partial charge in [0.15, 0.2) is 0 Å². The van der Waals surface area contributed by atoms with Crippen molar-refractivity contribution in [1.82, 2.24) is 14.8 Å². The van der Waals surface area contributed by atoms with E-state index in [1.165, 1.54) is 11.9 Å². The van der Waals surface area contributed by atoms with Crippen LogP contribution in [0.3, 0.4) is 0 Å². The lowest BCUT2D eigenvalue weighted by Crippen LogP contribution is -2.45. The van der Waals surface area contributed by atoms with E-state index in [1.807, 2.05) is 12.1 Å². The maximum Gasteiger partial charge on any atom is 0.137 e. The van der Waals surface area contributed by atoms with Gasteiger partial charge >= 0.3 is 0 Å². The Morgan fingerprint density at radius 1 is 1.25 bits per heavy atom. The fourth-order valence-corrected chi connectivity index (χ4v) is 4.22. The molecule has 0 bridgehead atoms. The van der Waals surface area contributed by atoms with Gasteiger partial charge in [-0.05, 0) is 55.2 Å². The van der Waals surface area contributed by atoms with Gasteiger partial charge in [0.25, 0.3) is 0 Å². The molecule has 5 heteroatoms. The minimum Gasteiger partial charge on any atom is -0.387 e. The highest BCUT2D eigenvalue weighted by Crippen LogP contribution is 2.45. The predicted molar refractivity (Wildman–Crippen MR) is 95.9 cm³/mol. The number of halogens is 1. The molecule has 1 aromatic carbocycles. The van der Waals surface area contributed by atoms with E-state index in [0.717, 1.165) is 43.5 Å². The van der Waals surface area contributed by atoms with Crippen molar-refractivity contribution < 1.29 is 5.11 Å². The summed E-state index contributed by atoms with van der Waals surface area (Å²) in [6, 6.07) is 7.99. The first kappa shape index (κ1) is 17.4. The molecule has 1 aliphatic carbocycles. The lowest BCUT2D eigenvalue weighted by Gasteiger charge is -2.35. The number of hydrogen-bond acceptors (Lipinski definition) is 3. The van der Waals surface area contributed by atoms with Gasteiger partial charge in [0.2, 0.25) is 0 Å². The van der Waals surface area contributed by atoms with Crippen LogP contribution in [0.4, 0.5) is 0 Å². The Labute approximate surface area is 148 Å². The summed E-state index contributed by atoms with van der Waals surface area (Å²) >= 11 is 5.99. The molecule has 3 unspecified atom stereocenters. The monoisotopic (exact) mass is 347 g/mol. The zero-order valence-corrected chi connectivity index (χ0v) is 15.0. The van der Waals surface area contributed by atoms with Gasteiger partial charge in [0.1, 0.15) is 12.7 Å². The van der Waals surface area contributed by atoms with E-state index in [-0.39, 0.29) is 5.92 Å². The van der Waals surface area contributed by atoms with Crippen LogP contribution in [0, 0.1) is 11.8 Å². The van der Waals surface area contributed by atoms with Gasteiger partial charge in [-0.3, -0.25) is 4.68 Å². The highest BCUT2D eigenvalue weighted by molar-refractivity contribution is 6.30. The molecule has 2 aromatic rings. The van der Waals surface area contributed by atoms with Crippen molar-refractivity contribution in [3.05, 3.63) is 47.5 Å². The molecule has 0 amide bonds. The second-order valence-electron chi connectivity index (χ2n) is 7.03. The predicted octanol–water partition coefficient (Wildman–Crippen LogP) is 4.12. The molecule has 1 fully saturated rings. The van der Waals surface area contributed by atoms with E-state index < -0.39 is 5.60 Å². The van der Waals surface area contributed by atoms with Crippen LogP contribution < -0.4 is 0 Å². The SMILES string of the molecule is CCCCC1CCC(Cc2ccc(Cl)cc2)C1(O)Cn1cncn1. The lowest BCUT2D eigenvalue weighted by atomic mass is 9.79. The summed E-state index contributed by atoms with van der Waals surface area (Å²) in [5.74, 6) is 0.573. The molecule has 4 nitrogen and oxygen atoms in total.